The second-order valence-corrected chi connectivity index (χ2v) is 8.47. The average Bonchev–Trinajstić information content (AvgIpc) is 1.80. The maximum absolute atomic E-state index is 5.67. The fraction of sp³-hybridized carbons (Fsp3) is 1.00. The van der Waals surface area contributed by atoms with Gasteiger partial charge in [0.1, 0.15) is 4.84 Å². The highest BCUT2D eigenvalue weighted by Crippen LogP contribution is 2.39. The minimum Gasteiger partial charge on any atom is -0.105 e. The number of halogens is 2. The Morgan fingerprint density at radius 3 is 2.08 bits per heavy atom. The molecule has 0 spiro atoms. The van der Waals surface area contributed by atoms with E-state index in [1.54, 1.807) is 0 Å². The molecular formula is C8H16Cl2S2. The molecule has 0 aromatic heterocycles. The molecule has 1 atom stereocenters. The van der Waals surface area contributed by atoms with E-state index < -0.39 is 0 Å². The summed E-state index contributed by atoms with van der Waals surface area (Å²) < 4.78 is 0.313. The van der Waals surface area contributed by atoms with Crippen LogP contribution >= 0.6 is 44.8 Å². The van der Waals surface area contributed by atoms with Crippen molar-refractivity contribution in [2.75, 3.05) is 0 Å². The van der Waals surface area contributed by atoms with Crippen molar-refractivity contribution in [1.29, 1.82) is 0 Å². The second-order valence-electron chi connectivity index (χ2n) is 3.73. The Kier molecular flexibility index (Phi) is 6.52. The molecule has 0 radical (unpaired) electrons. The van der Waals surface area contributed by atoms with Crippen molar-refractivity contribution < 1.29 is 0 Å². The molecule has 0 aliphatic carbocycles. The maximum atomic E-state index is 5.67. The van der Waals surface area contributed by atoms with Gasteiger partial charge in [-0.1, -0.05) is 49.3 Å². The zero-order valence-electron chi connectivity index (χ0n) is 7.93. The Hall–Kier alpha value is 1.28. The van der Waals surface area contributed by atoms with E-state index in [0.717, 1.165) is 6.42 Å². The molecule has 1 unspecified atom stereocenters. The van der Waals surface area contributed by atoms with Gasteiger partial charge in [-0.15, -0.1) is 23.2 Å². The number of hydrogen-bond donors (Lipinski definition) is 0. The van der Waals surface area contributed by atoms with Crippen LogP contribution in [0.1, 0.15) is 34.1 Å². The molecule has 0 saturated heterocycles. The van der Waals surface area contributed by atoms with Gasteiger partial charge >= 0.3 is 0 Å². The van der Waals surface area contributed by atoms with Crippen LogP contribution in [-0.4, -0.2) is 14.8 Å². The third-order valence-electron chi connectivity index (χ3n) is 0.972. The van der Waals surface area contributed by atoms with Crippen LogP contribution in [0.25, 0.3) is 0 Å². The third-order valence-corrected chi connectivity index (χ3v) is 5.22. The van der Waals surface area contributed by atoms with Crippen LogP contribution in [0.2, 0.25) is 0 Å². The topological polar surface area (TPSA) is 0 Å². The lowest BCUT2D eigenvalue weighted by Gasteiger charge is -2.19. The molecule has 0 nitrogen and oxygen atoms in total. The minimum atomic E-state index is -0.229. The molecule has 12 heavy (non-hydrogen) atoms. The molecule has 0 aliphatic rings. The maximum Gasteiger partial charge on any atom is 0.108 e. The van der Waals surface area contributed by atoms with E-state index in [1.165, 1.54) is 0 Å². The van der Waals surface area contributed by atoms with Crippen LogP contribution in [0.5, 0.6) is 0 Å². The van der Waals surface area contributed by atoms with E-state index in [4.69, 9.17) is 23.2 Å². The molecule has 0 aliphatic heterocycles. The van der Waals surface area contributed by atoms with Crippen molar-refractivity contribution >= 4 is 44.8 Å². The van der Waals surface area contributed by atoms with Crippen LogP contribution in [0, 0.1) is 0 Å². The first-order valence-electron chi connectivity index (χ1n) is 3.94. The molecule has 0 fully saturated rings. The number of alkyl halides is 2. The van der Waals surface area contributed by atoms with Gasteiger partial charge in [0.05, 0.1) is 0 Å². The highest BCUT2D eigenvalue weighted by molar-refractivity contribution is 8.77. The van der Waals surface area contributed by atoms with Crippen LogP contribution < -0.4 is 0 Å². The van der Waals surface area contributed by atoms with E-state index >= 15 is 0 Å². The molecular weight excluding hydrogens is 231 g/mol. The van der Waals surface area contributed by atoms with Gasteiger partial charge in [0.2, 0.25) is 0 Å². The van der Waals surface area contributed by atoms with Crippen molar-refractivity contribution in [3.63, 3.8) is 0 Å². The number of rotatable bonds is 4. The van der Waals surface area contributed by atoms with Crippen molar-refractivity contribution in [3.05, 3.63) is 0 Å². The van der Waals surface area contributed by atoms with E-state index in [-0.39, 0.29) is 4.84 Å². The summed E-state index contributed by atoms with van der Waals surface area (Å²) in [5, 5.41) is 0.522. The predicted molar refractivity (Wildman–Crippen MR) is 64.5 cm³/mol. The molecule has 0 aromatic rings. The number of hydrogen-bond acceptors (Lipinski definition) is 2. The third kappa shape index (κ3) is 9.37. The summed E-state index contributed by atoms with van der Waals surface area (Å²) in [6.45, 7) is 8.77. The van der Waals surface area contributed by atoms with Gasteiger partial charge in [-0.3, -0.25) is 0 Å². The first-order valence-corrected chi connectivity index (χ1v) is 7.02. The normalized spacial score (nSPS) is 15.2. The second kappa shape index (κ2) is 5.90. The van der Waals surface area contributed by atoms with E-state index in [2.05, 4.69) is 27.7 Å². The summed E-state index contributed by atoms with van der Waals surface area (Å²) in [7, 11) is 3.74. The van der Waals surface area contributed by atoms with E-state index in [9.17, 15) is 0 Å². The minimum absolute atomic E-state index is 0.229. The molecule has 0 N–H and O–H groups in total. The summed E-state index contributed by atoms with van der Waals surface area (Å²) in [4.78, 5) is -0.229. The highest BCUT2D eigenvalue weighted by Gasteiger charge is 2.15. The predicted octanol–water partition coefficient (Wildman–Crippen LogP) is 4.75. The van der Waals surface area contributed by atoms with Gasteiger partial charge in [-0.05, 0) is 6.42 Å². The van der Waals surface area contributed by atoms with Gasteiger partial charge < -0.3 is 0 Å². The fourth-order valence-electron chi connectivity index (χ4n) is 0.517. The highest BCUT2D eigenvalue weighted by atomic mass is 35.5. The molecule has 0 heterocycles. The Morgan fingerprint density at radius 1 is 1.25 bits per heavy atom. The summed E-state index contributed by atoms with van der Waals surface area (Å²) >= 11 is 11.3. The van der Waals surface area contributed by atoms with Gasteiger partial charge in [0, 0.05) is 10.00 Å². The molecule has 74 valence electrons. The van der Waals surface area contributed by atoms with Gasteiger partial charge in [-0.2, -0.15) is 0 Å². The van der Waals surface area contributed by atoms with Gasteiger partial charge in [0.15, 0.2) is 0 Å². The quantitative estimate of drug-likeness (QED) is 0.519. The van der Waals surface area contributed by atoms with Crippen LogP contribution in [0.3, 0.4) is 0 Å². The lowest BCUT2D eigenvalue weighted by Crippen LogP contribution is -2.07. The summed E-state index contributed by atoms with van der Waals surface area (Å²) in [5.74, 6) is 0. The van der Waals surface area contributed by atoms with E-state index in [0.29, 0.717) is 10.00 Å². The first-order chi connectivity index (χ1) is 5.31. The standard InChI is InChI=1S/C8H16Cl2S2/c1-6(5-7(9)10)11-12-8(2,3)4/h6-7H,5H2,1-4H3. The van der Waals surface area contributed by atoms with Crippen LogP contribution in [-0.2, 0) is 0 Å². The van der Waals surface area contributed by atoms with Crippen LogP contribution in [0.4, 0.5) is 0 Å². The van der Waals surface area contributed by atoms with E-state index in [1.807, 2.05) is 21.6 Å². The summed E-state index contributed by atoms with van der Waals surface area (Å²) in [5.41, 5.74) is 0. The molecule has 0 bridgehead atoms. The first kappa shape index (κ1) is 13.3. The smallest absolute Gasteiger partial charge is 0.105 e. The molecule has 0 rings (SSSR count). The Labute approximate surface area is 93.5 Å². The largest absolute Gasteiger partial charge is 0.108 e. The molecule has 0 saturated carbocycles. The van der Waals surface area contributed by atoms with Gasteiger partial charge in [-0.25, -0.2) is 0 Å². The van der Waals surface area contributed by atoms with Crippen molar-refractivity contribution in [2.45, 2.75) is 48.9 Å². The van der Waals surface area contributed by atoms with Gasteiger partial charge in [0.25, 0.3) is 0 Å². The average molecular weight is 247 g/mol. The van der Waals surface area contributed by atoms with Crippen molar-refractivity contribution in [2.24, 2.45) is 0 Å². The fourth-order valence-corrected chi connectivity index (χ4v) is 3.58. The lowest BCUT2D eigenvalue weighted by molar-refractivity contribution is 0.809. The molecule has 0 aromatic carbocycles. The molecule has 0 amide bonds. The zero-order valence-corrected chi connectivity index (χ0v) is 11.1. The summed E-state index contributed by atoms with van der Waals surface area (Å²) in [6.07, 6.45) is 0.858. The Bertz CT molecular complexity index is 121. The monoisotopic (exact) mass is 246 g/mol. The lowest BCUT2D eigenvalue weighted by atomic mass is 10.3. The summed E-state index contributed by atoms with van der Waals surface area (Å²) in [6, 6.07) is 0. The zero-order chi connectivity index (χ0) is 9.78. The van der Waals surface area contributed by atoms with Crippen molar-refractivity contribution in [1.82, 2.24) is 0 Å². The SMILES string of the molecule is CC(CC(Cl)Cl)SSC(C)(C)C. The Morgan fingerprint density at radius 2 is 1.75 bits per heavy atom. The van der Waals surface area contributed by atoms with Crippen LogP contribution in [0.15, 0.2) is 0 Å². The Balaban J connectivity index is 3.51. The molecule has 4 heteroatoms. The van der Waals surface area contributed by atoms with Crippen molar-refractivity contribution in [3.8, 4) is 0 Å².